The number of nitrogen functional groups attached to an aromatic ring is 1. The van der Waals surface area contributed by atoms with Gasteiger partial charge in [0.05, 0.1) is 11.4 Å². The molecule has 1 saturated heterocycles. The Morgan fingerprint density at radius 1 is 1.20 bits per heavy atom. The van der Waals surface area contributed by atoms with E-state index in [0.29, 0.717) is 42.7 Å². The molecule has 3 heterocycles. The Hall–Kier alpha value is -4.98. The van der Waals surface area contributed by atoms with Crippen LogP contribution < -0.4 is 10.5 Å². The number of piperidine rings is 1. The lowest BCUT2D eigenvalue weighted by molar-refractivity contribution is -0.128. The summed E-state index contributed by atoms with van der Waals surface area (Å²) in [5.41, 5.74) is 6.92. The van der Waals surface area contributed by atoms with E-state index in [0.717, 1.165) is 0 Å². The molecule has 3 N–H and O–H groups in total. The molecule has 4 aromatic rings. The van der Waals surface area contributed by atoms with E-state index >= 15 is 4.39 Å². The molecule has 0 aliphatic carbocycles. The highest BCUT2D eigenvalue weighted by Crippen LogP contribution is 2.36. The number of nitrogens with zero attached hydrogens (tertiary/aromatic N) is 6. The fourth-order valence-electron chi connectivity index (χ4n) is 4.92. The Morgan fingerprint density at radius 3 is 2.61 bits per heavy atom. The van der Waals surface area contributed by atoms with Crippen LogP contribution >= 0.6 is 0 Å². The van der Waals surface area contributed by atoms with Gasteiger partial charge in [-0.15, -0.1) is 0 Å². The minimum absolute atomic E-state index is 0.0958. The number of aromatic hydroxyl groups is 1. The number of hydrogen-bond donors (Lipinski definition) is 2. The first-order chi connectivity index (χ1) is 19.5. The summed E-state index contributed by atoms with van der Waals surface area (Å²) in [4.78, 5) is 23.4. The van der Waals surface area contributed by atoms with Crippen LogP contribution in [0.25, 0.3) is 22.3 Å². The zero-order valence-electron chi connectivity index (χ0n) is 23.0. The number of nitrogens with two attached hydrogens (primary N) is 1. The van der Waals surface area contributed by atoms with E-state index in [1.807, 2.05) is 26.8 Å². The van der Waals surface area contributed by atoms with Gasteiger partial charge in [0.15, 0.2) is 5.65 Å². The Morgan fingerprint density at radius 2 is 1.93 bits per heavy atom. The van der Waals surface area contributed by atoms with Crippen LogP contribution in [-0.4, -0.2) is 48.8 Å². The van der Waals surface area contributed by atoms with Crippen molar-refractivity contribution in [1.82, 2.24) is 24.6 Å². The zero-order chi connectivity index (χ0) is 29.3. The highest BCUT2D eigenvalue weighted by molar-refractivity contribution is 5.99. The number of halogens is 1. The maximum absolute atomic E-state index is 15.5. The average Bonchev–Trinajstić information content (AvgIpc) is 3.33. The molecule has 210 valence electrons. The molecular formula is C30H30FN7O3. The van der Waals surface area contributed by atoms with E-state index in [2.05, 4.69) is 9.97 Å². The number of amides is 1. The molecule has 0 bridgehead atoms. The maximum Gasteiger partial charge on any atom is 0.264 e. The number of rotatable bonds is 5. The van der Waals surface area contributed by atoms with Crippen LogP contribution in [0, 0.1) is 22.6 Å². The van der Waals surface area contributed by atoms with Crippen molar-refractivity contribution in [3.63, 3.8) is 0 Å². The molecule has 10 nitrogen and oxygen atoms in total. The molecule has 0 unspecified atom stereocenters. The number of nitriles is 1. The van der Waals surface area contributed by atoms with Gasteiger partial charge in [-0.1, -0.05) is 26.8 Å². The summed E-state index contributed by atoms with van der Waals surface area (Å²) in [7, 11) is 0. The molecule has 1 atom stereocenters. The normalized spacial score (nSPS) is 16.0. The Bertz CT molecular complexity index is 1680. The topological polar surface area (TPSA) is 143 Å². The van der Waals surface area contributed by atoms with Gasteiger partial charge in [0.25, 0.3) is 5.91 Å². The number of fused-ring (bicyclic) bond motifs is 1. The van der Waals surface area contributed by atoms with E-state index < -0.39 is 5.82 Å². The standard InChI is InChI=1S/C30H30FN7O3/c1-30(2,3)14-18(15-32)29(40)37-12-4-5-19(16-37)38-28-25(27(33)34-17-35-28)26(36-38)23-11-10-22(13-24(23)31)41-21-8-6-20(39)7-9-21/h6-11,13-14,17,19,39H,4-5,12,16H2,1-3H3,(H2,33,34,35)/t19-/m1/s1. The number of anilines is 1. The smallest absolute Gasteiger partial charge is 0.264 e. The predicted octanol–water partition coefficient (Wildman–Crippen LogP) is 5.37. The third-order valence-electron chi connectivity index (χ3n) is 6.74. The molecular weight excluding hydrogens is 525 g/mol. The van der Waals surface area contributed by atoms with Crippen molar-refractivity contribution < 1.29 is 19.0 Å². The number of likely N-dealkylation sites (tertiary alicyclic amines) is 1. The summed E-state index contributed by atoms with van der Waals surface area (Å²) in [6.45, 7) is 6.62. The molecule has 5 rings (SSSR count). The average molecular weight is 556 g/mol. The summed E-state index contributed by atoms with van der Waals surface area (Å²) in [6, 6.07) is 12.3. The van der Waals surface area contributed by atoms with Crippen molar-refractivity contribution in [2.24, 2.45) is 5.41 Å². The molecule has 1 aliphatic heterocycles. The van der Waals surface area contributed by atoms with Crippen molar-refractivity contribution in [2.75, 3.05) is 18.8 Å². The Balaban J connectivity index is 1.48. The van der Waals surface area contributed by atoms with Crippen molar-refractivity contribution in [3.8, 4) is 34.6 Å². The molecule has 1 amide bonds. The van der Waals surface area contributed by atoms with E-state index in [9.17, 15) is 15.2 Å². The van der Waals surface area contributed by atoms with Gasteiger partial charge in [0.1, 0.15) is 52.5 Å². The number of aromatic nitrogens is 4. The maximum atomic E-state index is 15.5. The quantitative estimate of drug-likeness (QED) is 0.247. The first-order valence-electron chi connectivity index (χ1n) is 13.2. The fraction of sp³-hybridized carbons (Fsp3) is 0.300. The van der Waals surface area contributed by atoms with Crippen molar-refractivity contribution in [3.05, 3.63) is 66.3 Å². The number of benzene rings is 2. The van der Waals surface area contributed by atoms with Gasteiger partial charge in [0.2, 0.25) is 0 Å². The number of ether oxygens (including phenoxy) is 1. The summed E-state index contributed by atoms with van der Waals surface area (Å²) in [6.07, 6.45) is 4.42. The third-order valence-corrected chi connectivity index (χ3v) is 6.74. The SMILES string of the molecule is CC(C)(C)C=C(C#N)C(=O)N1CCC[C@@H](n2nc(-c3ccc(Oc4ccc(O)cc4)cc3F)c3c(N)ncnc32)C1. The molecule has 1 aliphatic rings. The van der Waals surface area contributed by atoms with Crippen LogP contribution in [0.3, 0.4) is 0 Å². The van der Waals surface area contributed by atoms with Crippen LogP contribution in [0.2, 0.25) is 0 Å². The van der Waals surface area contributed by atoms with Crippen molar-refractivity contribution >= 4 is 22.8 Å². The lowest BCUT2D eigenvalue weighted by Gasteiger charge is -2.33. The number of allylic oxidation sites excluding steroid dienone is 1. The van der Waals surface area contributed by atoms with Gasteiger partial charge >= 0.3 is 0 Å². The molecule has 0 radical (unpaired) electrons. The Kier molecular flexibility index (Phi) is 7.32. The zero-order valence-corrected chi connectivity index (χ0v) is 23.0. The van der Waals surface area contributed by atoms with Crippen LogP contribution in [0.5, 0.6) is 17.2 Å². The second kappa shape index (κ2) is 10.9. The summed E-state index contributed by atoms with van der Waals surface area (Å²) < 4.78 is 22.9. The van der Waals surface area contributed by atoms with Gasteiger partial charge < -0.3 is 20.5 Å². The first kappa shape index (κ1) is 27.6. The number of hydrogen-bond acceptors (Lipinski definition) is 8. The van der Waals surface area contributed by atoms with Crippen LogP contribution in [0.15, 0.2) is 60.4 Å². The van der Waals surface area contributed by atoms with E-state index in [-0.39, 0.29) is 51.5 Å². The predicted molar refractivity (Wildman–Crippen MR) is 151 cm³/mol. The summed E-state index contributed by atoms with van der Waals surface area (Å²) >= 11 is 0. The monoisotopic (exact) mass is 555 g/mol. The minimum atomic E-state index is -0.581. The van der Waals surface area contributed by atoms with Crippen molar-refractivity contribution in [1.29, 1.82) is 5.26 Å². The highest BCUT2D eigenvalue weighted by Gasteiger charge is 2.31. The van der Waals surface area contributed by atoms with E-state index in [1.165, 1.54) is 24.5 Å². The van der Waals surface area contributed by atoms with Gasteiger partial charge in [0, 0.05) is 24.7 Å². The fourth-order valence-corrected chi connectivity index (χ4v) is 4.92. The number of carbonyl (C=O) groups excluding carboxylic acids is 1. The number of carbonyl (C=O) groups is 1. The van der Waals surface area contributed by atoms with E-state index in [1.54, 1.807) is 39.9 Å². The molecule has 0 saturated carbocycles. The summed E-state index contributed by atoms with van der Waals surface area (Å²) in [5, 5.41) is 24.3. The van der Waals surface area contributed by atoms with Gasteiger partial charge in [-0.05, 0) is 54.7 Å². The van der Waals surface area contributed by atoms with E-state index in [4.69, 9.17) is 15.6 Å². The largest absolute Gasteiger partial charge is 0.508 e. The number of phenols is 1. The van der Waals surface area contributed by atoms with Gasteiger partial charge in [-0.2, -0.15) is 10.4 Å². The second-order valence-electron chi connectivity index (χ2n) is 11.1. The first-order valence-corrected chi connectivity index (χ1v) is 13.2. The van der Waals surface area contributed by atoms with Gasteiger partial charge in [-0.3, -0.25) is 4.79 Å². The lowest BCUT2D eigenvalue weighted by Crippen LogP contribution is -2.41. The van der Waals surface area contributed by atoms with Crippen LogP contribution in [0.1, 0.15) is 39.7 Å². The number of phenolic OH excluding ortho intramolecular Hbond substituents is 1. The molecule has 0 spiro atoms. The minimum Gasteiger partial charge on any atom is -0.508 e. The third kappa shape index (κ3) is 5.82. The molecule has 11 heteroatoms. The van der Waals surface area contributed by atoms with Crippen LogP contribution in [0.4, 0.5) is 10.2 Å². The second-order valence-corrected chi connectivity index (χ2v) is 11.1. The van der Waals surface area contributed by atoms with Crippen molar-refractivity contribution in [2.45, 2.75) is 39.7 Å². The molecule has 41 heavy (non-hydrogen) atoms. The highest BCUT2D eigenvalue weighted by atomic mass is 19.1. The summed E-state index contributed by atoms with van der Waals surface area (Å²) in [5.74, 6) is 0.0523. The molecule has 2 aromatic carbocycles. The molecule has 1 fully saturated rings. The Labute approximate surface area is 236 Å². The lowest BCUT2D eigenvalue weighted by atomic mass is 9.93. The van der Waals surface area contributed by atoms with Crippen LogP contribution in [-0.2, 0) is 4.79 Å². The van der Waals surface area contributed by atoms with Gasteiger partial charge in [-0.25, -0.2) is 19.0 Å². The molecule has 2 aromatic heterocycles.